The number of aromatic nitrogens is 2. The van der Waals surface area contributed by atoms with E-state index in [1.807, 2.05) is 0 Å². The van der Waals surface area contributed by atoms with Crippen LogP contribution < -0.4 is 0 Å². The first-order valence-corrected chi connectivity index (χ1v) is 7.12. The molecule has 0 radical (unpaired) electrons. The third kappa shape index (κ3) is 4.76. The van der Waals surface area contributed by atoms with E-state index in [-0.39, 0.29) is 0 Å². The predicted octanol–water partition coefficient (Wildman–Crippen LogP) is 1.95. The lowest BCUT2D eigenvalue weighted by Crippen LogP contribution is -2.26. The monoisotopic (exact) mass is 289 g/mol. The Kier molecular flexibility index (Phi) is 7.38. The second-order valence-electron chi connectivity index (χ2n) is 4.43. The zero-order valence-electron chi connectivity index (χ0n) is 12.0. The van der Waals surface area contributed by atoms with Crippen LogP contribution in [-0.2, 0) is 11.3 Å². The van der Waals surface area contributed by atoms with Gasteiger partial charge in [0.25, 0.3) is 0 Å². The van der Waals surface area contributed by atoms with Crippen LogP contribution in [0.1, 0.15) is 32.1 Å². The van der Waals surface area contributed by atoms with Gasteiger partial charge in [0.2, 0.25) is 0 Å². The Morgan fingerprint density at radius 2 is 2.16 bits per heavy atom. The highest BCUT2D eigenvalue weighted by molar-refractivity contribution is 6.31. The van der Waals surface area contributed by atoms with Crippen LogP contribution in [0.2, 0.25) is 5.02 Å². The van der Waals surface area contributed by atoms with Crippen LogP contribution in [0.15, 0.2) is 6.20 Å². The van der Waals surface area contributed by atoms with Gasteiger partial charge in [0, 0.05) is 13.7 Å². The largest absolute Gasteiger partial charge is 0.387 e. The predicted molar refractivity (Wildman–Crippen MR) is 76.5 cm³/mol. The van der Waals surface area contributed by atoms with E-state index >= 15 is 0 Å². The molecule has 1 N–H and O–H groups in total. The maximum atomic E-state index is 10.3. The number of aliphatic hydroxyl groups excluding tert-OH is 1. The van der Waals surface area contributed by atoms with Crippen molar-refractivity contribution in [3.63, 3.8) is 0 Å². The second-order valence-corrected chi connectivity index (χ2v) is 4.83. The third-order valence-corrected chi connectivity index (χ3v) is 3.56. The Morgan fingerprint density at radius 1 is 1.47 bits per heavy atom. The second kappa shape index (κ2) is 8.53. The Bertz CT molecular complexity index is 367. The normalized spacial score (nSPS) is 13.2. The van der Waals surface area contributed by atoms with Crippen LogP contribution in [0, 0.1) is 0 Å². The molecule has 1 rings (SSSR count). The average Bonchev–Trinajstić information content (AvgIpc) is 2.78. The van der Waals surface area contributed by atoms with Crippen molar-refractivity contribution < 1.29 is 9.84 Å². The molecule has 0 aliphatic rings. The molecule has 1 heterocycles. The summed E-state index contributed by atoms with van der Waals surface area (Å²) in [7, 11) is 1.64. The van der Waals surface area contributed by atoms with Gasteiger partial charge in [-0.15, -0.1) is 0 Å². The van der Waals surface area contributed by atoms with Crippen molar-refractivity contribution >= 4 is 11.6 Å². The molecule has 6 heteroatoms. The first-order valence-electron chi connectivity index (χ1n) is 6.74. The first kappa shape index (κ1) is 16.4. The molecule has 0 aromatic carbocycles. The van der Waals surface area contributed by atoms with Crippen LogP contribution in [0.25, 0.3) is 0 Å². The third-order valence-electron chi connectivity index (χ3n) is 3.27. The van der Waals surface area contributed by atoms with E-state index in [1.54, 1.807) is 18.0 Å². The van der Waals surface area contributed by atoms with Crippen LogP contribution in [-0.4, -0.2) is 53.1 Å². The number of methoxy groups -OCH3 is 1. The van der Waals surface area contributed by atoms with Crippen LogP contribution in [0.5, 0.6) is 0 Å². The van der Waals surface area contributed by atoms with E-state index < -0.39 is 6.10 Å². The van der Waals surface area contributed by atoms with Crippen LogP contribution >= 0.6 is 11.6 Å². The van der Waals surface area contributed by atoms with Gasteiger partial charge in [-0.3, -0.25) is 4.68 Å². The maximum Gasteiger partial charge on any atom is 0.0984 e. The highest BCUT2D eigenvalue weighted by atomic mass is 35.5. The number of halogens is 1. The summed E-state index contributed by atoms with van der Waals surface area (Å²) in [6.45, 7) is 8.20. The molecule has 110 valence electrons. The van der Waals surface area contributed by atoms with Gasteiger partial charge < -0.3 is 14.7 Å². The molecule has 1 unspecified atom stereocenters. The summed E-state index contributed by atoms with van der Waals surface area (Å²) in [6.07, 6.45) is 1.64. The number of hydrogen-bond acceptors (Lipinski definition) is 4. The van der Waals surface area contributed by atoms with Gasteiger partial charge in [0.15, 0.2) is 0 Å². The number of ether oxygens (including phenoxy) is 1. The molecular weight excluding hydrogens is 266 g/mol. The Balaban J connectivity index is 2.64. The van der Waals surface area contributed by atoms with Crippen molar-refractivity contribution in [1.82, 2.24) is 14.7 Å². The molecule has 0 aliphatic heterocycles. The lowest BCUT2D eigenvalue weighted by molar-refractivity contribution is 0.130. The summed E-state index contributed by atoms with van der Waals surface area (Å²) < 4.78 is 6.75. The molecule has 0 aliphatic carbocycles. The molecule has 5 nitrogen and oxygen atoms in total. The van der Waals surface area contributed by atoms with Gasteiger partial charge in [-0.2, -0.15) is 5.10 Å². The number of aliphatic hydroxyl groups is 1. The zero-order chi connectivity index (χ0) is 14.3. The molecule has 0 saturated heterocycles. The molecule has 1 aromatic heterocycles. The number of rotatable bonds is 9. The Labute approximate surface area is 120 Å². The molecule has 0 spiro atoms. The van der Waals surface area contributed by atoms with Gasteiger partial charge in [0.05, 0.1) is 36.2 Å². The molecular formula is C13H24ClN3O2. The minimum absolute atomic E-state index is 0.517. The maximum absolute atomic E-state index is 10.3. The Morgan fingerprint density at radius 3 is 2.74 bits per heavy atom. The quantitative estimate of drug-likeness (QED) is 0.755. The highest BCUT2D eigenvalue weighted by Gasteiger charge is 2.18. The standard InChI is InChI=1S/C13H24ClN3O2/c1-4-16(5-2)7-6-12(18)13-11(14)10-15-17(13)8-9-19-3/h10,12,18H,4-9H2,1-3H3. The van der Waals surface area contributed by atoms with Crippen molar-refractivity contribution in [3.8, 4) is 0 Å². The van der Waals surface area contributed by atoms with Gasteiger partial charge in [-0.1, -0.05) is 25.4 Å². The van der Waals surface area contributed by atoms with E-state index in [0.29, 0.717) is 30.3 Å². The van der Waals surface area contributed by atoms with E-state index in [0.717, 1.165) is 19.6 Å². The van der Waals surface area contributed by atoms with E-state index in [1.165, 1.54) is 0 Å². The smallest absolute Gasteiger partial charge is 0.0984 e. The molecule has 1 aromatic rings. The molecule has 0 bridgehead atoms. The minimum Gasteiger partial charge on any atom is -0.387 e. The van der Waals surface area contributed by atoms with Crippen molar-refractivity contribution in [2.45, 2.75) is 32.9 Å². The number of hydrogen-bond donors (Lipinski definition) is 1. The fourth-order valence-electron chi connectivity index (χ4n) is 2.04. The van der Waals surface area contributed by atoms with Gasteiger partial charge in [-0.25, -0.2) is 0 Å². The van der Waals surface area contributed by atoms with Gasteiger partial charge >= 0.3 is 0 Å². The fraction of sp³-hybridized carbons (Fsp3) is 0.769. The summed E-state index contributed by atoms with van der Waals surface area (Å²) in [5.74, 6) is 0. The summed E-state index contributed by atoms with van der Waals surface area (Å²) in [5.41, 5.74) is 0.686. The zero-order valence-corrected chi connectivity index (χ0v) is 12.7. The molecule has 0 saturated carbocycles. The first-order chi connectivity index (χ1) is 9.13. The van der Waals surface area contributed by atoms with Crippen LogP contribution in [0.3, 0.4) is 0 Å². The fourth-order valence-corrected chi connectivity index (χ4v) is 2.31. The summed E-state index contributed by atoms with van der Waals surface area (Å²) in [4.78, 5) is 2.27. The number of nitrogens with zero attached hydrogens (tertiary/aromatic N) is 3. The van der Waals surface area contributed by atoms with Crippen molar-refractivity contribution in [2.75, 3.05) is 33.4 Å². The Hall–Kier alpha value is -0.620. The SMILES string of the molecule is CCN(CC)CCC(O)c1c(Cl)cnn1CCOC. The molecule has 0 amide bonds. The molecule has 0 fully saturated rings. The topological polar surface area (TPSA) is 50.5 Å². The lowest BCUT2D eigenvalue weighted by Gasteiger charge is -2.20. The van der Waals surface area contributed by atoms with E-state index in [4.69, 9.17) is 16.3 Å². The van der Waals surface area contributed by atoms with Crippen molar-refractivity contribution in [2.24, 2.45) is 0 Å². The average molecular weight is 290 g/mol. The van der Waals surface area contributed by atoms with Crippen LogP contribution in [0.4, 0.5) is 0 Å². The summed E-state index contributed by atoms with van der Waals surface area (Å²) >= 11 is 6.10. The van der Waals surface area contributed by atoms with E-state index in [9.17, 15) is 5.11 Å². The molecule has 1 atom stereocenters. The lowest BCUT2D eigenvalue weighted by atomic mass is 10.1. The highest BCUT2D eigenvalue weighted by Crippen LogP contribution is 2.25. The molecule has 19 heavy (non-hydrogen) atoms. The summed E-state index contributed by atoms with van der Waals surface area (Å²) in [5, 5.41) is 15.0. The van der Waals surface area contributed by atoms with Crippen molar-refractivity contribution in [1.29, 1.82) is 0 Å². The summed E-state index contributed by atoms with van der Waals surface area (Å²) in [6, 6.07) is 0. The minimum atomic E-state index is -0.590. The van der Waals surface area contributed by atoms with E-state index in [2.05, 4.69) is 23.8 Å². The van der Waals surface area contributed by atoms with Gasteiger partial charge in [-0.05, 0) is 19.5 Å². The van der Waals surface area contributed by atoms with Gasteiger partial charge in [0.1, 0.15) is 0 Å². The van der Waals surface area contributed by atoms with Crippen molar-refractivity contribution in [3.05, 3.63) is 16.9 Å².